The summed E-state index contributed by atoms with van der Waals surface area (Å²) in [4.78, 5) is 38.2. The van der Waals surface area contributed by atoms with E-state index in [0.29, 0.717) is 30.2 Å². The molecule has 1 spiro atoms. The second-order valence-electron chi connectivity index (χ2n) is 6.67. The van der Waals surface area contributed by atoms with Gasteiger partial charge in [0.05, 0.1) is 12.3 Å². The molecule has 1 atom stereocenters. The van der Waals surface area contributed by atoms with Gasteiger partial charge in [-0.25, -0.2) is 4.79 Å². The van der Waals surface area contributed by atoms with Crippen LogP contribution in [0.1, 0.15) is 6.42 Å². The number of hydrogen-bond donors (Lipinski definition) is 2. The Balaban J connectivity index is 1.45. The Kier molecular flexibility index (Phi) is 4.70. The molecule has 2 aromatic rings. The molecule has 1 unspecified atom stereocenters. The standard InChI is InChI=1S/C20H19N3O5/c24-17(12-23-18(25)20(22-19(23)26)10-11-27-13-20)21-15-8-4-5-9-16(15)28-14-6-2-1-3-7-14/h1-9H,10-13H2,(H,21,24)(H,22,26). The first kappa shape index (κ1) is 18.0. The molecule has 2 aromatic carbocycles. The quantitative estimate of drug-likeness (QED) is 0.774. The lowest BCUT2D eigenvalue weighted by Gasteiger charge is -2.18. The molecule has 2 saturated heterocycles. The van der Waals surface area contributed by atoms with E-state index in [1.807, 2.05) is 18.2 Å². The van der Waals surface area contributed by atoms with Crippen LogP contribution in [0, 0.1) is 0 Å². The van der Waals surface area contributed by atoms with Crippen molar-refractivity contribution < 1.29 is 23.9 Å². The number of amides is 4. The summed E-state index contributed by atoms with van der Waals surface area (Å²) in [6, 6.07) is 15.5. The summed E-state index contributed by atoms with van der Waals surface area (Å²) < 4.78 is 11.1. The van der Waals surface area contributed by atoms with Crippen molar-refractivity contribution in [2.45, 2.75) is 12.0 Å². The van der Waals surface area contributed by atoms with Gasteiger partial charge in [-0.3, -0.25) is 14.5 Å². The number of carbonyl (C=O) groups is 3. The van der Waals surface area contributed by atoms with Crippen LogP contribution in [0.3, 0.4) is 0 Å². The Labute approximate surface area is 161 Å². The normalized spacial score (nSPS) is 21.1. The van der Waals surface area contributed by atoms with E-state index < -0.39 is 23.4 Å². The fraction of sp³-hybridized carbons (Fsp3) is 0.250. The van der Waals surface area contributed by atoms with E-state index in [1.54, 1.807) is 36.4 Å². The largest absolute Gasteiger partial charge is 0.455 e. The molecule has 2 N–H and O–H groups in total. The van der Waals surface area contributed by atoms with Crippen molar-refractivity contribution in [2.24, 2.45) is 0 Å². The van der Waals surface area contributed by atoms with E-state index in [4.69, 9.17) is 9.47 Å². The van der Waals surface area contributed by atoms with Gasteiger partial charge in [0.25, 0.3) is 5.91 Å². The SMILES string of the molecule is O=C(CN1C(=O)NC2(CCOC2)C1=O)Nc1ccccc1Oc1ccccc1. The molecule has 8 nitrogen and oxygen atoms in total. The number of nitrogens with one attached hydrogen (secondary N) is 2. The van der Waals surface area contributed by atoms with Crippen LogP contribution in [0.25, 0.3) is 0 Å². The molecule has 0 bridgehead atoms. The third-order valence-electron chi connectivity index (χ3n) is 4.70. The summed E-state index contributed by atoms with van der Waals surface area (Å²) in [5.41, 5.74) is -0.589. The van der Waals surface area contributed by atoms with Gasteiger partial charge in [0.1, 0.15) is 17.8 Å². The summed E-state index contributed by atoms with van der Waals surface area (Å²) in [6.07, 6.45) is 0.406. The van der Waals surface area contributed by atoms with Crippen LogP contribution in [0.5, 0.6) is 11.5 Å². The highest BCUT2D eigenvalue weighted by atomic mass is 16.5. The van der Waals surface area contributed by atoms with E-state index in [0.717, 1.165) is 4.90 Å². The molecule has 2 aliphatic rings. The molecule has 4 rings (SSSR count). The molecule has 144 valence electrons. The minimum atomic E-state index is -1.04. The van der Waals surface area contributed by atoms with Crippen LogP contribution in [0.4, 0.5) is 10.5 Å². The highest BCUT2D eigenvalue weighted by molar-refractivity contribution is 6.10. The molecule has 4 amide bonds. The fourth-order valence-corrected chi connectivity index (χ4v) is 3.26. The molecule has 2 heterocycles. The zero-order valence-corrected chi connectivity index (χ0v) is 15.0. The Bertz CT molecular complexity index is 909. The average Bonchev–Trinajstić information content (AvgIpc) is 3.25. The van der Waals surface area contributed by atoms with Crippen molar-refractivity contribution >= 4 is 23.5 Å². The summed E-state index contributed by atoms with van der Waals surface area (Å²) in [7, 11) is 0. The highest BCUT2D eigenvalue weighted by Gasteiger charge is 2.53. The smallest absolute Gasteiger partial charge is 0.325 e. The third-order valence-corrected chi connectivity index (χ3v) is 4.70. The van der Waals surface area contributed by atoms with Crippen molar-refractivity contribution in [1.82, 2.24) is 10.2 Å². The number of hydrogen-bond acceptors (Lipinski definition) is 5. The van der Waals surface area contributed by atoms with Crippen molar-refractivity contribution in [3.05, 3.63) is 54.6 Å². The predicted octanol–water partition coefficient (Wildman–Crippen LogP) is 2.13. The minimum absolute atomic E-state index is 0.128. The highest BCUT2D eigenvalue weighted by Crippen LogP contribution is 2.30. The number of urea groups is 1. The Morgan fingerprint density at radius 2 is 1.89 bits per heavy atom. The van der Waals surface area contributed by atoms with Crippen LogP contribution < -0.4 is 15.4 Å². The zero-order chi connectivity index (χ0) is 19.6. The number of anilines is 1. The average molecular weight is 381 g/mol. The summed E-state index contributed by atoms with van der Waals surface area (Å²) >= 11 is 0. The van der Waals surface area contributed by atoms with Crippen LogP contribution in [0.15, 0.2) is 54.6 Å². The van der Waals surface area contributed by atoms with Crippen LogP contribution in [0.2, 0.25) is 0 Å². The predicted molar refractivity (Wildman–Crippen MR) is 100.0 cm³/mol. The first-order valence-corrected chi connectivity index (χ1v) is 8.91. The van der Waals surface area contributed by atoms with Gasteiger partial charge in [-0.05, 0) is 24.3 Å². The van der Waals surface area contributed by atoms with Gasteiger partial charge in [0.15, 0.2) is 5.75 Å². The topological polar surface area (TPSA) is 97.0 Å². The van der Waals surface area contributed by atoms with Crippen molar-refractivity contribution in [3.63, 3.8) is 0 Å². The molecule has 2 fully saturated rings. The maximum Gasteiger partial charge on any atom is 0.325 e. The number of para-hydroxylation sites is 3. The zero-order valence-electron chi connectivity index (χ0n) is 15.0. The van der Waals surface area contributed by atoms with E-state index in [1.165, 1.54) is 0 Å². The maximum absolute atomic E-state index is 12.6. The van der Waals surface area contributed by atoms with Gasteiger partial charge in [0.2, 0.25) is 5.91 Å². The summed E-state index contributed by atoms with van der Waals surface area (Å²) in [5.74, 6) is 0.156. The Morgan fingerprint density at radius 3 is 2.64 bits per heavy atom. The van der Waals surface area contributed by atoms with Gasteiger partial charge >= 0.3 is 6.03 Å². The lowest BCUT2D eigenvalue weighted by atomic mass is 9.99. The number of carbonyl (C=O) groups excluding carboxylic acids is 3. The number of ether oxygens (including phenoxy) is 2. The first-order chi connectivity index (χ1) is 13.6. The molecule has 28 heavy (non-hydrogen) atoms. The van der Waals surface area contributed by atoms with Crippen molar-refractivity contribution in [2.75, 3.05) is 25.1 Å². The first-order valence-electron chi connectivity index (χ1n) is 8.91. The second-order valence-corrected chi connectivity index (χ2v) is 6.67. The minimum Gasteiger partial charge on any atom is -0.455 e. The number of rotatable bonds is 5. The van der Waals surface area contributed by atoms with Crippen molar-refractivity contribution in [1.29, 1.82) is 0 Å². The molecule has 8 heteroatoms. The van der Waals surface area contributed by atoms with E-state index in [9.17, 15) is 14.4 Å². The van der Waals surface area contributed by atoms with Gasteiger partial charge < -0.3 is 20.1 Å². The molecular weight excluding hydrogens is 362 g/mol. The van der Waals surface area contributed by atoms with Gasteiger partial charge in [-0.2, -0.15) is 0 Å². The molecule has 0 radical (unpaired) electrons. The summed E-state index contributed by atoms with van der Waals surface area (Å²) in [6.45, 7) is 0.145. The molecule has 0 saturated carbocycles. The number of benzene rings is 2. The van der Waals surface area contributed by atoms with Gasteiger partial charge in [-0.1, -0.05) is 30.3 Å². The fourth-order valence-electron chi connectivity index (χ4n) is 3.26. The lowest BCUT2D eigenvalue weighted by molar-refractivity contribution is -0.133. The van der Waals surface area contributed by atoms with Gasteiger partial charge in [-0.15, -0.1) is 0 Å². The molecule has 2 aliphatic heterocycles. The lowest BCUT2D eigenvalue weighted by Crippen LogP contribution is -2.48. The van der Waals surface area contributed by atoms with Crippen LogP contribution in [-0.2, 0) is 14.3 Å². The molecule has 0 aromatic heterocycles. The maximum atomic E-state index is 12.6. The Hall–Kier alpha value is -3.39. The van der Waals surface area contributed by atoms with E-state index in [2.05, 4.69) is 10.6 Å². The van der Waals surface area contributed by atoms with E-state index in [-0.39, 0.29) is 13.2 Å². The van der Waals surface area contributed by atoms with Gasteiger partial charge in [0, 0.05) is 13.0 Å². The second kappa shape index (κ2) is 7.32. The monoisotopic (exact) mass is 381 g/mol. The van der Waals surface area contributed by atoms with Crippen molar-refractivity contribution in [3.8, 4) is 11.5 Å². The third kappa shape index (κ3) is 3.41. The van der Waals surface area contributed by atoms with Crippen LogP contribution >= 0.6 is 0 Å². The number of imide groups is 1. The molecular formula is C20H19N3O5. The summed E-state index contributed by atoms with van der Waals surface area (Å²) in [5, 5.41) is 5.36. The van der Waals surface area contributed by atoms with Crippen LogP contribution in [-0.4, -0.2) is 48.0 Å². The Morgan fingerprint density at radius 1 is 1.14 bits per heavy atom. The van der Waals surface area contributed by atoms with E-state index >= 15 is 0 Å². The molecule has 0 aliphatic carbocycles. The number of nitrogens with zero attached hydrogens (tertiary/aromatic N) is 1.